The molecule has 0 aliphatic rings. The number of nitrogens with zero attached hydrogens (tertiary/aromatic N) is 1. The first-order valence-electron chi connectivity index (χ1n) is 10.7. The molecule has 162 valence electrons. The molecule has 2 aromatic carbocycles. The zero-order chi connectivity index (χ0) is 22.1. The number of amides is 2. The van der Waals surface area contributed by atoms with Crippen LogP contribution < -0.4 is 5.32 Å². The summed E-state index contributed by atoms with van der Waals surface area (Å²) >= 11 is 6.11. The van der Waals surface area contributed by atoms with Crippen LogP contribution in [0.3, 0.4) is 0 Å². The largest absolute Gasteiger partial charge is 0.354 e. The van der Waals surface area contributed by atoms with Crippen LogP contribution in [-0.2, 0) is 22.6 Å². The molecular weight excluding hydrogens is 396 g/mol. The summed E-state index contributed by atoms with van der Waals surface area (Å²) in [5, 5.41) is 3.52. The SMILES string of the molecule is CCCNC(=O)[C@H](C)N(Cc1cccc(Cl)c1)C(=O)CCc1ccc(C(C)C)cc1. The van der Waals surface area contributed by atoms with Gasteiger partial charge >= 0.3 is 0 Å². The maximum absolute atomic E-state index is 13.1. The topological polar surface area (TPSA) is 49.4 Å². The number of hydrogen-bond donors (Lipinski definition) is 1. The lowest BCUT2D eigenvalue weighted by molar-refractivity contribution is -0.140. The van der Waals surface area contributed by atoms with Gasteiger partial charge in [-0.2, -0.15) is 0 Å². The predicted octanol–water partition coefficient (Wildman–Crippen LogP) is 5.34. The second kappa shape index (κ2) is 11.8. The van der Waals surface area contributed by atoms with Gasteiger partial charge < -0.3 is 10.2 Å². The summed E-state index contributed by atoms with van der Waals surface area (Å²) in [6, 6.07) is 15.3. The zero-order valence-corrected chi connectivity index (χ0v) is 19.2. The molecular formula is C25H33ClN2O2. The first kappa shape index (κ1) is 23.9. The van der Waals surface area contributed by atoms with Crippen molar-refractivity contribution in [3.8, 4) is 0 Å². The number of rotatable bonds is 10. The molecule has 5 heteroatoms. The predicted molar refractivity (Wildman–Crippen MR) is 124 cm³/mol. The van der Waals surface area contributed by atoms with Crippen molar-refractivity contribution in [1.29, 1.82) is 0 Å². The summed E-state index contributed by atoms with van der Waals surface area (Å²) in [5.74, 6) is 0.312. The highest BCUT2D eigenvalue weighted by atomic mass is 35.5. The molecule has 2 rings (SSSR count). The molecule has 0 heterocycles. The minimum Gasteiger partial charge on any atom is -0.354 e. The molecule has 0 fully saturated rings. The fraction of sp³-hybridized carbons (Fsp3) is 0.440. The molecule has 1 atom stereocenters. The molecule has 30 heavy (non-hydrogen) atoms. The first-order valence-corrected chi connectivity index (χ1v) is 11.1. The van der Waals surface area contributed by atoms with Crippen LogP contribution in [0.5, 0.6) is 0 Å². The summed E-state index contributed by atoms with van der Waals surface area (Å²) in [5.41, 5.74) is 3.32. The molecule has 0 radical (unpaired) electrons. The van der Waals surface area contributed by atoms with Gasteiger partial charge in [-0.15, -0.1) is 0 Å². The summed E-state index contributed by atoms with van der Waals surface area (Å²) in [4.78, 5) is 27.3. The molecule has 1 N–H and O–H groups in total. The van der Waals surface area contributed by atoms with E-state index < -0.39 is 6.04 Å². The second-order valence-corrected chi connectivity index (χ2v) is 8.45. The third-order valence-electron chi connectivity index (χ3n) is 5.23. The molecule has 0 aromatic heterocycles. The standard InChI is InChI=1S/C25H33ClN2O2/c1-5-15-27-25(30)19(4)28(17-21-7-6-8-23(26)16-21)24(29)14-11-20-9-12-22(13-10-20)18(2)3/h6-10,12-13,16,18-19H,5,11,14-15,17H2,1-4H3,(H,27,30)/t19-/m0/s1. The van der Waals surface area contributed by atoms with Crippen LogP contribution in [0.25, 0.3) is 0 Å². The van der Waals surface area contributed by atoms with Crippen LogP contribution >= 0.6 is 11.6 Å². The van der Waals surface area contributed by atoms with Crippen molar-refractivity contribution in [2.45, 2.75) is 65.5 Å². The number of carbonyl (C=O) groups is 2. The average Bonchev–Trinajstić information content (AvgIpc) is 2.74. The third-order valence-corrected chi connectivity index (χ3v) is 5.47. The van der Waals surface area contributed by atoms with Crippen LogP contribution in [0.4, 0.5) is 0 Å². The highest BCUT2D eigenvalue weighted by Crippen LogP contribution is 2.18. The second-order valence-electron chi connectivity index (χ2n) is 8.01. The zero-order valence-electron chi connectivity index (χ0n) is 18.5. The van der Waals surface area contributed by atoms with Gasteiger partial charge in [0.25, 0.3) is 0 Å². The van der Waals surface area contributed by atoms with E-state index in [1.54, 1.807) is 17.9 Å². The smallest absolute Gasteiger partial charge is 0.242 e. The highest BCUT2D eigenvalue weighted by molar-refractivity contribution is 6.30. The minimum atomic E-state index is -0.550. The highest BCUT2D eigenvalue weighted by Gasteiger charge is 2.25. The lowest BCUT2D eigenvalue weighted by Crippen LogP contribution is -2.47. The van der Waals surface area contributed by atoms with Gasteiger partial charge in [0.1, 0.15) is 6.04 Å². The van der Waals surface area contributed by atoms with Crippen molar-refractivity contribution in [2.24, 2.45) is 0 Å². The van der Waals surface area contributed by atoms with Crippen molar-refractivity contribution in [3.05, 3.63) is 70.2 Å². The normalized spacial score (nSPS) is 11.9. The van der Waals surface area contributed by atoms with Crippen LogP contribution in [0.15, 0.2) is 48.5 Å². The van der Waals surface area contributed by atoms with Crippen molar-refractivity contribution >= 4 is 23.4 Å². The molecule has 0 spiro atoms. The van der Waals surface area contributed by atoms with Gasteiger partial charge in [0.2, 0.25) is 11.8 Å². The van der Waals surface area contributed by atoms with Gasteiger partial charge in [0, 0.05) is 24.5 Å². The number of halogens is 1. The van der Waals surface area contributed by atoms with Crippen LogP contribution in [-0.4, -0.2) is 29.3 Å². The molecule has 4 nitrogen and oxygen atoms in total. The summed E-state index contributed by atoms with van der Waals surface area (Å²) in [7, 11) is 0. The number of benzene rings is 2. The Morgan fingerprint density at radius 2 is 1.73 bits per heavy atom. The van der Waals surface area contributed by atoms with Gasteiger partial charge in [-0.05, 0) is 54.5 Å². The molecule has 2 amide bonds. The number of carbonyl (C=O) groups excluding carboxylic acids is 2. The third kappa shape index (κ3) is 7.17. The Bertz CT molecular complexity index is 833. The number of aryl methyl sites for hydroxylation is 1. The quantitative estimate of drug-likeness (QED) is 0.555. The Morgan fingerprint density at radius 1 is 1.03 bits per heavy atom. The Morgan fingerprint density at radius 3 is 2.33 bits per heavy atom. The van der Waals surface area contributed by atoms with Gasteiger partial charge in [0.05, 0.1) is 0 Å². The maximum atomic E-state index is 13.1. The van der Waals surface area contributed by atoms with E-state index in [2.05, 4.69) is 43.4 Å². The summed E-state index contributed by atoms with van der Waals surface area (Å²) in [6.07, 6.45) is 1.85. The molecule has 0 aliphatic heterocycles. The molecule has 0 saturated carbocycles. The van der Waals surface area contributed by atoms with E-state index in [4.69, 9.17) is 11.6 Å². The first-order chi connectivity index (χ1) is 14.3. The Hall–Kier alpha value is -2.33. The van der Waals surface area contributed by atoms with Crippen LogP contribution in [0.1, 0.15) is 63.1 Å². The fourth-order valence-electron chi connectivity index (χ4n) is 3.27. The Labute approximate surface area is 185 Å². The van der Waals surface area contributed by atoms with Gasteiger partial charge in [-0.3, -0.25) is 9.59 Å². The minimum absolute atomic E-state index is 0.0398. The lowest BCUT2D eigenvalue weighted by atomic mass is 10.00. The van der Waals surface area contributed by atoms with E-state index >= 15 is 0 Å². The van der Waals surface area contributed by atoms with Crippen LogP contribution in [0.2, 0.25) is 5.02 Å². The fourth-order valence-corrected chi connectivity index (χ4v) is 3.49. The monoisotopic (exact) mass is 428 g/mol. The van der Waals surface area contributed by atoms with Crippen molar-refractivity contribution < 1.29 is 9.59 Å². The summed E-state index contributed by atoms with van der Waals surface area (Å²) < 4.78 is 0. The summed E-state index contributed by atoms with van der Waals surface area (Å²) in [6.45, 7) is 9.07. The van der Waals surface area contributed by atoms with Gasteiger partial charge in [-0.25, -0.2) is 0 Å². The van der Waals surface area contributed by atoms with Gasteiger partial charge in [-0.1, -0.05) is 68.8 Å². The van der Waals surface area contributed by atoms with E-state index in [0.29, 0.717) is 36.9 Å². The van der Waals surface area contributed by atoms with E-state index in [-0.39, 0.29) is 11.8 Å². The lowest BCUT2D eigenvalue weighted by Gasteiger charge is -2.29. The maximum Gasteiger partial charge on any atom is 0.242 e. The van der Waals surface area contributed by atoms with Gasteiger partial charge in [0.15, 0.2) is 0 Å². The Balaban J connectivity index is 2.11. The molecule has 0 saturated heterocycles. The Kier molecular flexibility index (Phi) is 9.38. The van der Waals surface area contributed by atoms with E-state index in [0.717, 1.165) is 17.5 Å². The van der Waals surface area contributed by atoms with Crippen molar-refractivity contribution in [2.75, 3.05) is 6.54 Å². The molecule has 0 aliphatic carbocycles. The van der Waals surface area contributed by atoms with Crippen molar-refractivity contribution in [3.63, 3.8) is 0 Å². The average molecular weight is 429 g/mol. The molecule has 0 unspecified atom stereocenters. The number of hydrogen-bond acceptors (Lipinski definition) is 2. The van der Waals surface area contributed by atoms with Crippen LogP contribution in [0, 0.1) is 0 Å². The molecule has 2 aromatic rings. The molecule has 0 bridgehead atoms. The van der Waals surface area contributed by atoms with Crippen molar-refractivity contribution in [1.82, 2.24) is 10.2 Å². The van der Waals surface area contributed by atoms with E-state index in [9.17, 15) is 9.59 Å². The van der Waals surface area contributed by atoms with E-state index in [1.807, 2.05) is 25.1 Å². The van der Waals surface area contributed by atoms with E-state index in [1.165, 1.54) is 5.56 Å². The number of nitrogens with one attached hydrogen (secondary N) is 1.